The second-order valence-electron chi connectivity index (χ2n) is 6.58. The molecule has 3 atom stereocenters. The Labute approximate surface area is 127 Å². The molecule has 3 heteroatoms. The quantitative estimate of drug-likeness (QED) is 0.928. The van der Waals surface area contributed by atoms with Crippen molar-refractivity contribution in [3.63, 3.8) is 0 Å². The van der Waals surface area contributed by atoms with Crippen LogP contribution >= 0.6 is 0 Å². The van der Waals surface area contributed by atoms with E-state index in [0.717, 1.165) is 24.4 Å². The van der Waals surface area contributed by atoms with Crippen LogP contribution in [0.5, 0.6) is 0 Å². The molecule has 2 aliphatic rings. The van der Waals surface area contributed by atoms with Gasteiger partial charge in [0.15, 0.2) is 0 Å². The standard InChI is InChI=1S/C18H26N2O/c19-16(13-14-7-2-1-3-8-14)18(21)20-12-6-10-15-9-4-5-11-17(15)20/h1-3,7-8,15-17H,4-6,9-13,19H2/t15?,16-,17?/m1/s1. The number of nitrogens with zero attached hydrogens (tertiary/aromatic N) is 1. The topological polar surface area (TPSA) is 46.3 Å². The zero-order valence-electron chi connectivity index (χ0n) is 12.7. The molecular weight excluding hydrogens is 260 g/mol. The number of hydrogen-bond acceptors (Lipinski definition) is 2. The third-order valence-corrected chi connectivity index (χ3v) is 5.14. The number of benzene rings is 1. The zero-order valence-corrected chi connectivity index (χ0v) is 12.7. The van der Waals surface area contributed by atoms with Crippen LogP contribution < -0.4 is 5.73 Å². The van der Waals surface area contributed by atoms with Crippen molar-refractivity contribution < 1.29 is 4.79 Å². The van der Waals surface area contributed by atoms with E-state index in [9.17, 15) is 4.79 Å². The average Bonchev–Trinajstić information content (AvgIpc) is 2.54. The molecule has 114 valence electrons. The average molecular weight is 286 g/mol. The minimum Gasteiger partial charge on any atom is -0.338 e. The van der Waals surface area contributed by atoms with E-state index in [1.807, 2.05) is 30.3 Å². The molecule has 21 heavy (non-hydrogen) atoms. The van der Waals surface area contributed by atoms with Crippen molar-refractivity contribution in [1.29, 1.82) is 0 Å². The Morgan fingerprint density at radius 2 is 1.86 bits per heavy atom. The van der Waals surface area contributed by atoms with Crippen LogP contribution in [-0.2, 0) is 11.2 Å². The highest BCUT2D eigenvalue weighted by atomic mass is 16.2. The Bertz CT molecular complexity index is 471. The molecule has 0 spiro atoms. The SMILES string of the molecule is N[C@H](Cc1ccccc1)C(=O)N1CCCC2CCCCC21. The fraction of sp³-hybridized carbons (Fsp3) is 0.611. The lowest BCUT2D eigenvalue weighted by atomic mass is 9.78. The van der Waals surface area contributed by atoms with Gasteiger partial charge in [0, 0.05) is 12.6 Å². The summed E-state index contributed by atoms with van der Waals surface area (Å²) in [5, 5.41) is 0. The number of fused-ring (bicyclic) bond motifs is 1. The van der Waals surface area contributed by atoms with E-state index in [1.165, 1.54) is 32.1 Å². The van der Waals surface area contributed by atoms with E-state index >= 15 is 0 Å². The van der Waals surface area contributed by atoms with Gasteiger partial charge in [0.1, 0.15) is 0 Å². The van der Waals surface area contributed by atoms with Gasteiger partial charge >= 0.3 is 0 Å². The summed E-state index contributed by atoms with van der Waals surface area (Å²) in [5.41, 5.74) is 7.36. The van der Waals surface area contributed by atoms with Crippen molar-refractivity contribution in [3.8, 4) is 0 Å². The fourth-order valence-electron chi connectivity index (χ4n) is 4.07. The minimum atomic E-state index is -0.395. The summed E-state index contributed by atoms with van der Waals surface area (Å²) in [6.07, 6.45) is 8.15. The molecule has 1 saturated heterocycles. The molecule has 0 bridgehead atoms. The van der Waals surface area contributed by atoms with Gasteiger partial charge in [-0.05, 0) is 43.6 Å². The molecular formula is C18H26N2O. The molecule has 1 aromatic carbocycles. The Morgan fingerprint density at radius 1 is 1.14 bits per heavy atom. The summed E-state index contributed by atoms with van der Waals surface area (Å²) >= 11 is 0. The molecule has 1 amide bonds. The predicted octanol–water partition coefficient (Wildman–Crippen LogP) is 2.74. The van der Waals surface area contributed by atoms with Crippen LogP contribution in [0.15, 0.2) is 30.3 Å². The number of likely N-dealkylation sites (tertiary alicyclic amines) is 1. The lowest BCUT2D eigenvalue weighted by Gasteiger charge is -2.45. The van der Waals surface area contributed by atoms with Gasteiger partial charge in [-0.15, -0.1) is 0 Å². The van der Waals surface area contributed by atoms with Crippen molar-refractivity contribution in [2.75, 3.05) is 6.54 Å². The van der Waals surface area contributed by atoms with Crippen LogP contribution in [-0.4, -0.2) is 29.4 Å². The number of carbonyl (C=O) groups is 1. The summed E-state index contributed by atoms with van der Waals surface area (Å²) in [6, 6.07) is 10.2. The Balaban J connectivity index is 1.65. The van der Waals surface area contributed by atoms with Crippen LogP contribution in [0, 0.1) is 5.92 Å². The third kappa shape index (κ3) is 3.29. The second kappa shape index (κ2) is 6.61. The summed E-state index contributed by atoms with van der Waals surface area (Å²) in [6.45, 7) is 0.905. The molecule has 1 heterocycles. The predicted molar refractivity (Wildman–Crippen MR) is 84.8 cm³/mol. The van der Waals surface area contributed by atoms with E-state index in [1.54, 1.807) is 0 Å². The fourth-order valence-corrected chi connectivity index (χ4v) is 4.07. The number of carbonyl (C=O) groups excluding carboxylic acids is 1. The summed E-state index contributed by atoms with van der Waals surface area (Å²) < 4.78 is 0. The highest BCUT2D eigenvalue weighted by Gasteiger charge is 2.37. The Kier molecular flexibility index (Phi) is 4.59. The zero-order chi connectivity index (χ0) is 14.7. The maximum absolute atomic E-state index is 12.8. The summed E-state index contributed by atoms with van der Waals surface area (Å²) in [4.78, 5) is 14.9. The molecule has 3 nitrogen and oxygen atoms in total. The molecule has 1 aromatic rings. The molecule has 0 aromatic heterocycles. The number of piperidine rings is 1. The number of hydrogen-bond donors (Lipinski definition) is 1. The smallest absolute Gasteiger partial charge is 0.240 e. The van der Waals surface area contributed by atoms with Gasteiger partial charge in [-0.1, -0.05) is 43.2 Å². The molecule has 2 fully saturated rings. The van der Waals surface area contributed by atoms with Gasteiger partial charge in [0.05, 0.1) is 6.04 Å². The lowest BCUT2D eigenvalue weighted by Crippen LogP contribution is -2.55. The highest BCUT2D eigenvalue weighted by molar-refractivity contribution is 5.82. The van der Waals surface area contributed by atoms with E-state index in [-0.39, 0.29) is 5.91 Å². The van der Waals surface area contributed by atoms with Crippen molar-refractivity contribution in [3.05, 3.63) is 35.9 Å². The van der Waals surface area contributed by atoms with Crippen LogP contribution in [0.1, 0.15) is 44.1 Å². The van der Waals surface area contributed by atoms with Gasteiger partial charge in [-0.3, -0.25) is 4.79 Å². The lowest BCUT2D eigenvalue weighted by molar-refractivity contribution is -0.139. The van der Waals surface area contributed by atoms with Crippen LogP contribution in [0.25, 0.3) is 0 Å². The van der Waals surface area contributed by atoms with Gasteiger partial charge in [-0.2, -0.15) is 0 Å². The van der Waals surface area contributed by atoms with Crippen molar-refractivity contribution >= 4 is 5.91 Å². The first-order valence-corrected chi connectivity index (χ1v) is 8.35. The number of nitrogens with two attached hydrogens (primary N) is 1. The Hall–Kier alpha value is -1.35. The molecule has 1 saturated carbocycles. The van der Waals surface area contributed by atoms with Crippen LogP contribution in [0.3, 0.4) is 0 Å². The van der Waals surface area contributed by atoms with Gasteiger partial charge in [-0.25, -0.2) is 0 Å². The maximum atomic E-state index is 12.8. The van der Waals surface area contributed by atoms with E-state index in [0.29, 0.717) is 12.5 Å². The van der Waals surface area contributed by atoms with Crippen molar-refractivity contribution in [2.45, 2.75) is 57.0 Å². The van der Waals surface area contributed by atoms with Gasteiger partial charge in [0.2, 0.25) is 5.91 Å². The summed E-state index contributed by atoms with van der Waals surface area (Å²) in [5.74, 6) is 0.885. The molecule has 0 radical (unpaired) electrons. The highest BCUT2D eigenvalue weighted by Crippen LogP contribution is 2.35. The van der Waals surface area contributed by atoms with E-state index in [4.69, 9.17) is 5.73 Å². The first-order valence-electron chi connectivity index (χ1n) is 8.35. The van der Waals surface area contributed by atoms with Crippen LogP contribution in [0.2, 0.25) is 0 Å². The summed E-state index contributed by atoms with van der Waals surface area (Å²) in [7, 11) is 0. The van der Waals surface area contributed by atoms with Crippen molar-refractivity contribution in [1.82, 2.24) is 4.90 Å². The Morgan fingerprint density at radius 3 is 2.67 bits per heavy atom. The van der Waals surface area contributed by atoms with Gasteiger partial charge in [0.25, 0.3) is 0 Å². The minimum absolute atomic E-state index is 0.162. The van der Waals surface area contributed by atoms with E-state index < -0.39 is 6.04 Å². The molecule has 1 aliphatic heterocycles. The largest absolute Gasteiger partial charge is 0.338 e. The third-order valence-electron chi connectivity index (χ3n) is 5.14. The first kappa shape index (κ1) is 14.6. The number of amides is 1. The number of rotatable bonds is 3. The molecule has 2 unspecified atom stereocenters. The van der Waals surface area contributed by atoms with Crippen molar-refractivity contribution in [2.24, 2.45) is 11.7 Å². The first-order chi connectivity index (χ1) is 10.3. The normalized spacial score (nSPS) is 27.0. The van der Waals surface area contributed by atoms with Gasteiger partial charge < -0.3 is 10.6 Å². The second-order valence-corrected chi connectivity index (χ2v) is 6.58. The molecule has 2 N–H and O–H groups in total. The molecule has 1 aliphatic carbocycles. The van der Waals surface area contributed by atoms with Crippen LogP contribution in [0.4, 0.5) is 0 Å². The monoisotopic (exact) mass is 286 g/mol. The van der Waals surface area contributed by atoms with E-state index in [2.05, 4.69) is 4.90 Å². The maximum Gasteiger partial charge on any atom is 0.240 e. The molecule has 3 rings (SSSR count).